The number of anilines is 1. The molecule has 0 spiro atoms. The molecule has 0 saturated carbocycles. The maximum atomic E-state index is 4.34. The van der Waals surface area contributed by atoms with Crippen LogP contribution in [0, 0.1) is 5.92 Å². The highest BCUT2D eigenvalue weighted by Gasteiger charge is 2.12. The van der Waals surface area contributed by atoms with Gasteiger partial charge in [-0.1, -0.05) is 25.5 Å². The molecule has 0 bridgehead atoms. The molecule has 4 nitrogen and oxygen atoms in total. The molecular weight excluding hydrogens is 236 g/mol. The molecule has 0 unspecified atom stereocenters. The summed E-state index contributed by atoms with van der Waals surface area (Å²) in [5, 5.41) is 12.0. The Bertz CT molecular complexity index is 422. The maximum Gasteiger partial charge on any atom is 0.151 e. The molecule has 1 aromatic heterocycles. The van der Waals surface area contributed by atoms with Gasteiger partial charge in [0.1, 0.15) is 0 Å². The maximum absolute atomic E-state index is 4.34. The van der Waals surface area contributed by atoms with Crippen LogP contribution in [-0.4, -0.2) is 29.8 Å². The molecule has 1 aliphatic heterocycles. The monoisotopic (exact) mass is 260 g/mol. The Hall–Kier alpha value is -1.42. The molecular formula is C15H24N4. The van der Waals surface area contributed by atoms with Gasteiger partial charge in [-0.25, -0.2) is 0 Å². The summed E-state index contributed by atoms with van der Waals surface area (Å²) in [5.41, 5.74) is 2.42. The molecule has 0 aromatic carbocycles. The Morgan fingerprint density at radius 1 is 1.32 bits per heavy atom. The van der Waals surface area contributed by atoms with Crippen LogP contribution in [0.5, 0.6) is 0 Å². The van der Waals surface area contributed by atoms with Crippen molar-refractivity contribution in [2.45, 2.75) is 33.7 Å². The molecule has 1 aliphatic rings. The van der Waals surface area contributed by atoms with E-state index in [2.05, 4.69) is 59.4 Å². The Kier molecular flexibility index (Phi) is 4.91. The number of hydrogen-bond acceptors (Lipinski definition) is 4. The lowest BCUT2D eigenvalue weighted by Gasteiger charge is -2.26. The van der Waals surface area contributed by atoms with E-state index >= 15 is 0 Å². The first kappa shape index (κ1) is 14.0. The van der Waals surface area contributed by atoms with Gasteiger partial charge >= 0.3 is 0 Å². The van der Waals surface area contributed by atoms with Crippen molar-refractivity contribution in [2.24, 2.45) is 5.92 Å². The van der Waals surface area contributed by atoms with Crippen LogP contribution in [0.25, 0.3) is 0 Å². The Balaban J connectivity index is 1.89. The van der Waals surface area contributed by atoms with Crippen LogP contribution in [0.3, 0.4) is 0 Å². The third-order valence-electron chi connectivity index (χ3n) is 3.22. The Morgan fingerprint density at radius 2 is 2.16 bits per heavy atom. The fourth-order valence-electron chi connectivity index (χ4n) is 2.21. The predicted octanol–water partition coefficient (Wildman–Crippen LogP) is 2.38. The van der Waals surface area contributed by atoms with E-state index in [0.717, 1.165) is 44.1 Å². The second-order valence-corrected chi connectivity index (χ2v) is 5.67. The van der Waals surface area contributed by atoms with Crippen LogP contribution in [0.4, 0.5) is 5.82 Å². The van der Waals surface area contributed by atoms with Crippen LogP contribution in [0.1, 0.15) is 32.9 Å². The van der Waals surface area contributed by atoms with Crippen molar-refractivity contribution in [2.75, 3.05) is 24.5 Å². The van der Waals surface area contributed by atoms with Crippen LogP contribution in [-0.2, 0) is 6.54 Å². The Labute approximate surface area is 115 Å². The standard InChI is InChI=1S/C15H24N4/c1-12(2)9-16-10-14-6-7-15(18-17-14)19-8-4-5-13(3)11-19/h5-7,12,16H,4,8-11H2,1-3H3. The van der Waals surface area contributed by atoms with Gasteiger partial charge < -0.3 is 10.2 Å². The quantitative estimate of drug-likeness (QED) is 0.825. The van der Waals surface area contributed by atoms with Crippen molar-refractivity contribution < 1.29 is 0 Å². The summed E-state index contributed by atoms with van der Waals surface area (Å²) in [5.74, 6) is 1.65. The minimum atomic E-state index is 0.662. The van der Waals surface area contributed by atoms with Gasteiger partial charge in [-0.2, -0.15) is 5.10 Å². The molecule has 2 heterocycles. The van der Waals surface area contributed by atoms with Gasteiger partial charge in [0.2, 0.25) is 0 Å². The van der Waals surface area contributed by atoms with Gasteiger partial charge in [0.15, 0.2) is 5.82 Å². The van der Waals surface area contributed by atoms with E-state index < -0.39 is 0 Å². The molecule has 1 aromatic rings. The number of nitrogens with one attached hydrogen (secondary N) is 1. The number of aromatic nitrogens is 2. The first-order valence-electron chi connectivity index (χ1n) is 7.09. The summed E-state index contributed by atoms with van der Waals surface area (Å²) < 4.78 is 0. The van der Waals surface area contributed by atoms with E-state index in [0.29, 0.717) is 5.92 Å². The molecule has 104 valence electrons. The minimum Gasteiger partial charge on any atom is -0.351 e. The largest absolute Gasteiger partial charge is 0.351 e. The lowest BCUT2D eigenvalue weighted by Crippen LogP contribution is -2.30. The zero-order chi connectivity index (χ0) is 13.7. The fraction of sp³-hybridized carbons (Fsp3) is 0.600. The summed E-state index contributed by atoms with van der Waals surface area (Å²) in [7, 11) is 0. The van der Waals surface area contributed by atoms with E-state index in [4.69, 9.17) is 0 Å². The van der Waals surface area contributed by atoms with Gasteiger partial charge in [-0.3, -0.25) is 0 Å². The molecule has 19 heavy (non-hydrogen) atoms. The molecule has 2 rings (SSSR count). The highest BCUT2D eigenvalue weighted by Crippen LogP contribution is 2.16. The molecule has 0 radical (unpaired) electrons. The van der Waals surface area contributed by atoms with Gasteiger partial charge in [-0.15, -0.1) is 5.10 Å². The van der Waals surface area contributed by atoms with Crippen molar-refractivity contribution in [1.29, 1.82) is 0 Å². The molecule has 0 aliphatic carbocycles. The molecule has 1 N–H and O–H groups in total. The average Bonchev–Trinajstić information content (AvgIpc) is 2.39. The zero-order valence-electron chi connectivity index (χ0n) is 12.2. The lowest BCUT2D eigenvalue weighted by molar-refractivity contribution is 0.546. The van der Waals surface area contributed by atoms with Crippen LogP contribution in [0.15, 0.2) is 23.8 Å². The summed E-state index contributed by atoms with van der Waals surface area (Å²) in [4.78, 5) is 2.29. The zero-order valence-corrected chi connectivity index (χ0v) is 12.2. The topological polar surface area (TPSA) is 41.0 Å². The lowest BCUT2D eigenvalue weighted by atomic mass is 10.1. The molecule has 0 amide bonds. The second kappa shape index (κ2) is 6.66. The van der Waals surface area contributed by atoms with Crippen molar-refractivity contribution >= 4 is 5.82 Å². The minimum absolute atomic E-state index is 0.662. The van der Waals surface area contributed by atoms with Gasteiger partial charge in [0.05, 0.1) is 5.69 Å². The van der Waals surface area contributed by atoms with Crippen LogP contribution >= 0.6 is 0 Å². The van der Waals surface area contributed by atoms with Gasteiger partial charge in [-0.05, 0) is 37.9 Å². The average molecular weight is 260 g/mol. The second-order valence-electron chi connectivity index (χ2n) is 5.67. The summed E-state index contributed by atoms with van der Waals surface area (Å²) >= 11 is 0. The number of nitrogens with zero attached hydrogens (tertiary/aromatic N) is 3. The summed E-state index contributed by atoms with van der Waals surface area (Å²) in [6, 6.07) is 4.15. The number of rotatable bonds is 5. The smallest absolute Gasteiger partial charge is 0.151 e. The molecule has 0 saturated heterocycles. The van der Waals surface area contributed by atoms with Crippen LogP contribution < -0.4 is 10.2 Å². The SMILES string of the molecule is CC1=CCCN(c2ccc(CNCC(C)C)nn2)C1. The van der Waals surface area contributed by atoms with E-state index in [1.165, 1.54) is 5.57 Å². The van der Waals surface area contributed by atoms with Crippen LogP contribution in [0.2, 0.25) is 0 Å². The van der Waals surface area contributed by atoms with Crippen molar-refractivity contribution in [3.05, 3.63) is 29.5 Å². The highest BCUT2D eigenvalue weighted by molar-refractivity contribution is 5.40. The van der Waals surface area contributed by atoms with E-state index in [-0.39, 0.29) is 0 Å². The fourth-order valence-corrected chi connectivity index (χ4v) is 2.21. The summed E-state index contributed by atoms with van der Waals surface area (Å²) in [6.45, 7) is 10.4. The summed E-state index contributed by atoms with van der Waals surface area (Å²) in [6.07, 6.45) is 3.40. The molecule has 0 atom stereocenters. The molecule has 4 heteroatoms. The third kappa shape index (κ3) is 4.31. The van der Waals surface area contributed by atoms with Crippen molar-refractivity contribution in [3.63, 3.8) is 0 Å². The van der Waals surface area contributed by atoms with E-state index in [1.54, 1.807) is 0 Å². The van der Waals surface area contributed by atoms with Crippen molar-refractivity contribution in [1.82, 2.24) is 15.5 Å². The number of hydrogen-bond donors (Lipinski definition) is 1. The van der Waals surface area contributed by atoms with E-state index in [1.807, 2.05) is 0 Å². The van der Waals surface area contributed by atoms with Gasteiger partial charge in [0.25, 0.3) is 0 Å². The molecule has 0 fully saturated rings. The van der Waals surface area contributed by atoms with Gasteiger partial charge in [0, 0.05) is 19.6 Å². The first-order valence-corrected chi connectivity index (χ1v) is 7.09. The van der Waals surface area contributed by atoms with Crippen molar-refractivity contribution in [3.8, 4) is 0 Å². The normalized spacial score (nSPS) is 15.8. The third-order valence-corrected chi connectivity index (χ3v) is 3.22. The highest BCUT2D eigenvalue weighted by atomic mass is 15.3. The first-order chi connectivity index (χ1) is 9.15. The van der Waals surface area contributed by atoms with E-state index in [9.17, 15) is 0 Å². The Morgan fingerprint density at radius 3 is 2.79 bits per heavy atom. The predicted molar refractivity (Wildman–Crippen MR) is 79.2 cm³/mol.